The fourth-order valence-electron chi connectivity index (χ4n) is 0.810. The van der Waals surface area contributed by atoms with Gasteiger partial charge in [0.15, 0.2) is 5.43 Å². The highest BCUT2D eigenvalue weighted by Gasteiger charge is 2.13. The minimum absolute atomic E-state index is 0.0914. The normalized spacial score (nSPS) is 11.6. The molecule has 0 fully saturated rings. The molecule has 0 radical (unpaired) electrons. The molecular formula is C9H13NOS. The lowest BCUT2D eigenvalue weighted by Gasteiger charge is -2.16. The van der Waals surface area contributed by atoms with Crippen LogP contribution in [0.25, 0.3) is 0 Å². The molecule has 0 aromatic carbocycles. The van der Waals surface area contributed by atoms with Gasteiger partial charge >= 0.3 is 0 Å². The Balaban J connectivity index is 2.91. The van der Waals surface area contributed by atoms with Gasteiger partial charge in [0.2, 0.25) is 0 Å². The second-order valence-corrected chi connectivity index (χ2v) is 5.46. The van der Waals surface area contributed by atoms with Gasteiger partial charge in [-0.15, -0.1) is 11.8 Å². The van der Waals surface area contributed by atoms with Crippen LogP contribution in [0.1, 0.15) is 20.8 Å². The molecule has 1 heterocycles. The molecule has 0 saturated carbocycles. The molecule has 0 saturated heterocycles. The first-order valence-electron chi connectivity index (χ1n) is 3.85. The van der Waals surface area contributed by atoms with E-state index in [1.165, 1.54) is 0 Å². The lowest BCUT2D eigenvalue weighted by Crippen LogP contribution is -2.11. The van der Waals surface area contributed by atoms with Crippen LogP contribution in [-0.4, -0.2) is 9.73 Å². The van der Waals surface area contributed by atoms with Gasteiger partial charge in [0.1, 0.15) is 0 Å². The zero-order chi connectivity index (χ0) is 9.19. The van der Waals surface area contributed by atoms with E-state index in [-0.39, 0.29) is 10.2 Å². The summed E-state index contributed by atoms with van der Waals surface area (Å²) in [5.41, 5.74) is 0.0914. The average molecular weight is 183 g/mol. The maximum absolute atomic E-state index is 11.3. The molecule has 0 aliphatic rings. The topological polar surface area (TPSA) is 32.9 Å². The van der Waals surface area contributed by atoms with Crippen molar-refractivity contribution in [2.75, 3.05) is 0 Å². The second-order valence-electron chi connectivity index (χ2n) is 3.59. The predicted octanol–water partition coefficient (Wildman–Crippen LogP) is 2.27. The van der Waals surface area contributed by atoms with Gasteiger partial charge in [0.25, 0.3) is 0 Å². The number of aromatic nitrogens is 1. The Morgan fingerprint density at radius 2 is 2.08 bits per heavy atom. The zero-order valence-electron chi connectivity index (χ0n) is 7.55. The van der Waals surface area contributed by atoms with E-state index in [1.807, 2.05) is 0 Å². The highest BCUT2D eigenvalue weighted by molar-refractivity contribution is 8.00. The quantitative estimate of drug-likeness (QED) is 0.677. The lowest BCUT2D eigenvalue weighted by molar-refractivity contribution is 0.801. The van der Waals surface area contributed by atoms with Gasteiger partial charge < -0.3 is 4.98 Å². The third-order valence-electron chi connectivity index (χ3n) is 1.20. The van der Waals surface area contributed by atoms with Gasteiger partial charge in [-0.1, -0.05) is 20.8 Å². The molecule has 0 atom stereocenters. The molecule has 1 aromatic rings. The number of aromatic amines is 1. The van der Waals surface area contributed by atoms with Crippen LogP contribution >= 0.6 is 11.8 Å². The van der Waals surface area contributed by atoms with E-state index in [0.29, 0.717) is 0 Å². The summed E-state index contributed by atoms with van der Waals surface area (Å²) in [6.45, 7) is 6.26. The number of pyridine rings is 1. The molecule has 0 unspecified atom stereocenters. The number of hydrogen-bond acceptors (Lipinski definition) is 2. The zero-order valence-corrected chi connectivity index (χ0v) is 8.37. The Labute approximate surface area is 76.4 Å². The molecular weight excluding hydrogens is 170 g/mol. The van der Waals surface area contributed by atoms with E-state index >= 15 is 0 Å². The molecule has 3 heteroatoms. The van der Waals surface area contributed by atoms with Crippen molar-refractivity contribution in [3.05, 3.63) is 28.7 Å². The number of rotatable bonds is 1. The van der Waals surface area contributed by atoms with Crippen molar-refractivity contribution in [1.29, 1.82) is 0 Å². The van der Waals surface area contributed by atoms with Crippen LogP contribution in [0.5, 0.6) is 0 Å². The smallest absolute Gasteiger partial charge is 0.195 e. The first-order valence-corrected chi connectivity index (χ1v) is 4.67. The number of nitrogens with one attached hydrogen (secondary N) is 1. The van der Waals surface area contributed by atoms with Gasteiger partial charge in [-0.25, -0.2) is 0 Å². The molecule has 66 valence electrons. The third-order valence-corrected chi connectivity index (χ3v) is 2.36. The van der Waals surface area contributed by atoms with E-state index in [1.54, 1.807) is 30.2 Å². The molecule has 0 spiro atoms. The largest absolute Gasteiger partial charge is 0.366 e. The van der Waals surface area contributed by atoms with Gasteiger partial charge in [-0.3, -0.25) is 4.79 Å². The van der Waals surface area contributed by atoms with Crippen molar-refractivity contribution >= 4 is 11.8 Å². The predicted molar refractivity (Wildman–Crippen MR) is 52.7 cm³/mol. The second kappa shape index (κ2) is 3.35. The molecule has 0 bridgehead atoms. The van der Waals surface area contributed by atoms with Crippen LogP contribution in [0.4, 0.5) is 0 Å². The molecule has 1 rings (SSSR count). The van der Waals surface area contributed by atoms with Crippen molar-refractivity contribution < 1.29 is 0 Å². The summed E-state index contributed by atoms with van der Waals surface area (Å²) in [5, 5.41) is 0. The first-order chi connectivity index (χ1) is 5.49. The Morgan fingerprint density at radius 3 is 2.58 bits per heavy atom. The van der Waals surface area contributed by atoms with Crippen molar-refractivity contribution in [1.82, 2.24) is 4.98 Å². The van der Waals surface area contributed by atoms with Crippen LogP contribution < -0.4 is 5.43 Å². The van der Waals surface area contributed by atoms with Crippen molar-refractivity contribution in [2.24, 2.45) is 0 Å². The average Bonchev–Trinajstić information content (AvgIpc) is 1.91. The van der Waals surface area contributed by atoms with E-state index < -0.39 is 0 Å². The van der Waals surface area contributed by atoms with Crippen LogP contribution in [0.15, 0.2) is 28.2 Å². The molecule has 0 amide bonds. The minimum atomic E-state index is 0.0914. The third kappa shape index (κ3) is 2.74. The van der Waals surface area contributed by atoms with E-state index in [4.69, 9.17) is 0 Å². The number of thioether (sulfide) groups is 1. The Hall–Kier alpha value is -0.700. The Bertz CT molecular complexity index is 311. The fourth-order valence-corrected chi connectivity index (χ4v) is 1.77. The fraction of sp³-hybridized carbons (Fsp3) is 0.444. The van der Waals surface area contributed by atoms with E-state index in [0.717, 1.165) is 4.90 Å². The summed E-state index contributed by atoms with van der Waals surface area (Å²) in [5.74, 6) is 0. The van der Waals surface area contributed by atoms with Crippen LogP contribution in [0.3, 0.4) is 0 Å². The van der Waals surface area contributed by atoms with Gasteiger partial charge in [-0.2, -0.15) is 0 Å². The highest BCUT2D eigenvalue weighted by atomic mass is 32.2. The monoisotopic (exact) mass is 183 g/mol. The number of hydrogen-bond donors (Lipinski definition) is 1. The highest BCUT2D eigenvalue weighted by Crippen LogP contribution is 2.28. The summed E-state index contributed by atoms with van der Waals surface area (Å²) in [6.07, 6.45) is 3.40. The van der Waals surface area contributed by atoms with Crippen LogP contribution in [0.2, 0.25) is 0 Å². The van der Waals surface area contributed by atoms with Crippen LogP contribution in [0, 0.1) is 0 Å². The SMILES string of the molecule is CC(C)(C)Sc1c[nH]ccc1=O. The summed E-state index contributed by atoms with van der Waals surface area (Å²) in [4.78, 5) is 14.9. The standard InChI is InChI=1S/C9H13NOS/c1-9(2,3)12-8-6-10-5-4-7(8)11/h4-6H,1-3H3,(H,10,11). The summed E-state index contributed by atoms with van der Waals surface area (Å²) in [6, 6.07) is 1.55. The summed E-state index contributed by atoms with van der Waals surface area (Å²) in [7, 11) is 0. The van der Waals surface area contributed by atoms with Gasteiger partial charge in [-0.05, 0) is 0 Å². The summed E-state index contributed by atoms with van der Waals surface area (Å²) >= 11 is 1.58. The van der Waals surface area contributed by atoms with Gasteiger partial charge in [0.05, 0.1) is 4.90 Å². The van der Waals surface area contributed by atoms with Crippen molar-refractivity contribution in [3.63, 3.8) is 0 Å². The van der Waals surface area contributed by atoms with Crippen molar-refractivity contribution in [3.8, 4) is 0 Å². The van der Waals surface area contributed by atoms with Gasteiger partial charge in [0, 0.05) is 23.2 Å². The molecule has 1 aromatic heterocycles. The molecule has 12 heavy (non-hydrogen) atoms. The lowest BCUT2D eigenvalue weighted by atomic mass is 10.3. The Morgan fingerprint density at radius 1 is 1.42 bits per heavy atom. The Kier molecular flexibility index (Phi) is 2.62. The molecule has 1 N–H and O–H groups in total. The van der Waals surface area contributed by atoms with Crippen LogP contribution in [-0.2, 0) is 0 Å². The summed E-state index contributed by atoms with van der Waals surface area (Å²) < 4.78 is 0.0916. The molecule has 0 aliphatic heterocycles. The van der Waals surface area contributed by atoms with Crippen molar-refractivity contribution in [2.45, 2.75) is 30.4 Å². The number of H-pyrrole nitrogens is 1. The van der Waals surface area contributed by atoms with E-state index in [9.17, 15) is 4.79 Å². The first kappa shape index (κ1) is 9.39. The molecule has 0 aliphatic carbocycles. The minimum Gasteiger partial charge on any atom is -0.366 e. The molecule has 2 nitrogen and oxygen atoms in total. The van der Waals surface area contributed by atoms with E-state index in [2.05, 4.69) is 25.8 Å². The maximum atomic E-state index is 11.3. The maximum Gasteiger partial charge on any atom is 0.195 e.